The van der Waals surface area contributed by atoms with E-state index >= 15 is 0 Å². The zero-order valence-electron chi connectivity index (χ0n) is 9.27. The van der Waals surface area contributed by atoms with Crippen LogP contribution in [0.1, 0.15) is 10.4 Å². The first-order chi connectivity index (χ1) is 7.83. The van der Waals surface area contributed by atoms with Crippen molar-refractivity contribution >= 4 is 5.91 Å². The average molecular weight is 221 g/mol. The standard InChI is InChI=1S/C11H15N3O2/c1-16-10-2-3-13-8-9(10)11(15)14-6-4-12-5-7-14/h2-3,8,12H,4-7H2,1H3. The third kappa shape index (κ3) is 2.14. The van der Waals surface area contributed by atoms with Gasteiger partial charge >= 0.3 is 0 Å². The summed E-state index contributed by atoms with van der Waals surface area (Å²) in [6.07, 6.45) is 3.18. The molecule has 0 spiro atoms. The Labute approximate surface area is 94.4 Å². The summed E-state index contributed by atoms with van der Waals surface area (Å²) in [5, 5.41) is 3.21. The molecule has 1 aliphatic rings. The van der Waals surface area contributed by atoms with Gasteiger partial charge in [-0.25, -0.2) is 0 Å². The van der Waals surface area contributed by atoms with Gasteiger partial charge in [0.1, 0.15) is 5.75 Å². The molecule has 1 fully saturated rings. The van der Waals surface area contributed by atoms with Crippen molar-refractivity contribution < 1.29 is 9.53 Å². The fourth-order valence-corrected chi connectivity index (χ4v) is 1.76. The van der Waals surface area contributed by atoms with E-state index in [4.69, 9.17) is 4.74 Å². The maximum absolute atomic E-state index is 12.2. The van der Waals surface area contributed by atoms with E-state index < -0.39 is 0 Å². The highest BCUT2D eigenvalue weighted by molar-refractivity contribution is 5.96. The number of rotatable bonds is 2. The topological polar surface area (TPSA) is 54.5 Å². The van der Waals surface area contributed by atoms with E-state index in [1.54, 1.807) is 25.6 Å². The lowest BCUT2D eigenvalue weighted by molar-refractivity contribution is 0.0732. The van der Waals surface area contributed by atoms with Crippen LogP contribution in [0.2, 0.25) is 0 Å². The van der Waals surface area contributed by atoms with Crippen LogP contribution in [0.25, 0.3) is 0 Å². The SMILES string of the molecule is COc1ccncc1C(=O)N1CCNCC1. The molecule has 2 rings (SSSR count). The lowest BCUT2D eigenvalue weighted by atomic mass is 10.2. The van der Waals surface area contributed by atoms with Crippen molar-refractivity contribution in [3.63, 3.8) is 0 Å². The van der Waals surface area contributed by atoms with Crippen molar-refractivity contribution in [1.29, 1.82) is 0 Å². The number of methoxy groups -OCH3 is 1. The lowest BCUT2D eigenvalue weighted by Gasteiger charge is -2.27. The first-order valence-corrected chi connectivity index (χ1v) is 5.31. The summed E-state index contributed by atoms with van der Waals surface area (Å²) >= 11 is 0. The third-order valence-electron chi connectivity index (χ3n) is 2.64. The molecule has 1 aliphatic heterocycles. The molecule has 0 bridgehead atoms. The van der Waals surface area contributed by atoms with Crippen LogP contribution in [0.3, 0.4) is 0 Å². The van der Waals surface area contributed by atoms with Gasteiger partial charge in [-0.1, -0.05) is 0 Å². The third-order valence-corrected chi connectivity index (χ3v) is 2.64. The Balaban J connectivity index is 2.19. The zero-order chi connectivity index (χ0) is 11.4. The van der Waals surface area contributed by atoms with Crippen molar-refractivity contribution in [2.45, 2.75) is 0 Å². The number of carbonyl (C=O) groups excluding carboxylic acids is 1. The van der Waals surface area contributed by atoms with E-state index in [2.05, 4.69) is 10.3 Å². The highest BCUT2D eigenvalue weighted by atomic mass is 16.5. The average Bonchev–Trinajstić information content (AvgIpc) is 2.39. The normalized spacial score (nSPS) is 15.9. The van der Waals surface area contributed by atoms with Gasteiger partial charge in [0.25, 0.3) is 5.91 Å². The van der Waals surface area contributed by atoms with E-state index in [-0.39, 0.29) is 5.91 Å². The molecule has 0 aliphatic carbocycles. The van der Waals surface area contributed by atoms with Crippen LogP contribution >= 0.6 is 0 Å². The number of pyridine rings is 1. The minimum atomic E-state index is -0.00792. The van der Waals surface area contributed by atoms with Crippen molar-refractivity contribution in [3.05, 3.63) is 24.0 Å². The van der Waals surface area contributed by atoms with Crippen LogP contribution in [0.15, 0.2) is 18.5 Å². The predicted molar refractivity (Wildman–Crippen MR) is 59.6 cm³/mol. The zero-order valence-corrected chi connectivity index (χ0v) is 9.27. The number of piperazine rings is 1. The van der Waals surface area contributed by atoms with Gasteiger partial charge in [-0.2, -0.15) is 0 Å². The maximum atomic E-state index is 12.2. The first kappa shape index (κ1) is 10.9. The van der Waals surface area contributed by atoms with Gasteiger partial charge in [-0.15, -0.1) is 0 Å². The second kappa shape index (κ2) is 4.94. The molecule has 0 unspecified atom stereocenters. The largest absolute Gasteiger partial charge is 0.496 e. The van der Waals surface area contributed by atoms with Crippen LogP contribution in [0, 0.1) is 0 Å². The first-order valence-electron chi connectivity index (χ1n) is 5.31. The van der Waals surface area contributed by atoms with Crippen LogP contribution in [-0.4, -0.2) is 49.1 Å². The number of nitrogens with zero attached hydrogens (tertiary/aromatic N) is 2. The Morgan fingerprint density at radius 3 is 2.94 bits per heavy atom. The summed E-state index contributed by atoms with van der Waals surface area (Å²) in [5.41, 5.74) is 0.534. The van der Waals surface area contributed by atoms with E-state index in [9.17, 15) is 4.79 Å². The second-order valence-corrected chi connectivity index (χ2v) is 3.62. The quantitative estimate of drug-likeness (QED) is 0.771. The molecular formula is C11H15N3O2. The van der Waals surface area contributed by atoms with Crippen LogP contribution in [-0.2, 0) is 0 Å². The summed E-state index contributed by atoms with van der Waals surface area (Å²) in [7, 11) is 1.56. The molecule has 16 heavy (non-hydrogen) atoms. The monoisotopic (exact) mass is 221 g/mol. The smallest absolute Gasteiger partial charge is 0.259 e. The summed E-state index contributed by atoms with van der Waals surface area (Å²) in [6.45, 7) is 3.15. The number of hydrogen-bond acceptors (Lipinski definition) is 4. The Morgan fingerprint density at radius 1 is 1.50 bits per heavy atom. The Kier molecular flexibility index (Phi) is 3.36. The lowest BCUT2D eigenvalue weighted by Crippen LogP contribution is -2.46. The summed E-state index contributed by atoms with van der Waals surface area (Å²) in [6, 6.07) is 1.70. The van der Waals surface area contributed by atoms with Crippen molar-refractivity contribution in [1.82, 2.24) is 15.2 Å². The van der Waals surface area contributed by atoms with Gasteiger partial charge in [-0.3, -0.25) is 9.78 Å². The number of nitrogens with one attached hydrogen (secondary N) is 1. The molecule has 5 heteroatoms. The Bertz CT molecular complexity index is 375. The van der Waals surface area contributed by atoms with Crippen molar-refractivity contribution in [3.8, 4) is 5.75 Å². The van der Waals surface area contributed by atoms with E-state index in [1.165, 1.54) is 0 Å². The van der Waals surface area contributed by atoms with Crippen LogP contribution in [0.4, 0.5) is 0 Å². The number of ether oxygens (including phenoxy) is 1. The van der Waals surface area contributed by atoms with E-state index in [0.717, 1.165) is 26.2 Å². The molecule has 1 saturated heterocycles. The number of hydrogen-bond donors (Lipinski definition) is 1. The van der Waals surface area contributed by atoms with Gasteiger partial charge in [0.15, 0.2) is 0 Å². The Morgan fingerprint density at radius 2 is 2.25 bits per heavy atom. The number of amides is 1. The minimum absolute atomic E-state index is 0.00792. The fourth-order valence-electron chi connectivity index (χ4n) is 1.76. The fraction of sp³-hybridized carbons (Fsp3) is 0.455. The van der Waals surface area contributed by atoms with Crippen molar-refractivity contribution in [2.75, 3.05) is 33.3 Å². The molecule has 0 atom stereocenters. The van der Waals surface area contributed by atoms with Gasteiger partial charge in [-0.05, 0) is 6.07 Å². The minimum Gasteiger partial charge on any atom is -0.496 e. The molecule has 1 aromatic rings. The number of carbonyl (C=O) groups is 1. The summed E-state index contributed by atoms with van der Waals surface area (Å²) < 4.78 is 5.15. The second-order valence-electron chi connectivity index (χ2n) is 3.62. The molecular weight excluding hydrogens is 206 g/mol. The molecule has 86 valence electrons. The summed E-state index contributed by atoms with van der Waals surface area (Å²) in [5.74, 6) is 0.574. The van der Waals surface area contributed by atoms with E-state index in [0.29, 0.717) is 11.3 Å². The molecule has 0 radical (unpaired) electrons. The van der Waals surface area contributed by atoms with Crippen LogP contribution < -0.4 is 10.1 Å². The molecule has 0 saturated carbocycles. The predicted octanol–water partition coefficient (Wildman–Crippen LogP) is 0.136. The van der Waals surface area contributed by atoms with Gasteiger partial charge in [0.2, 0.25) is 0 Å². The molecule has 1 amide bonds. The Hall–Kier alpha value is -1.62. The molecule has 0 aromatic carbocycles. The maximum Gasteiger partial charge on any atom is 0.259 e. The molecule has 5 nitrogen and oxygen atoms in total. The van der Waals surface area contributed by atoms with Gasteiger partial charge in [0.05, 0.1) is 12.7 Å². The van der Waals surface area contributed by atoms with Gasteiger partial charge < -0.3 is 15.0 Å². The molecule has 1 N–H and O–H groups in total. The molecule has 2 heterocycles. The van der Waals surface area contributed by atoms with E-state index in [1.807, 2.05) is 4.90 Å². The van der Waals surface area contributed by atoms with Gasteiger partial charge in [0, 0.05) is 38.6 Å². The highest BCUT2D eigenvalue weighted by Gasteiger charge is 2.20. The highest BCUT2D eigenvalue weighted by Crippen LogP contribution is 2.18. The van der Waals surface area contributed by atoms with Crippen LogP contribution in [0.5, 0.6) is 5.75 Å². The summed E-state index contributed by atoms with van der Waals surface area (Å²) in [4.78, 5) is 17.9. The van der Waals surface area contributed by atoms with Crippen molar-refractivity contribution in [2.24, 2.45) is 0 Å². The molecule has 1 aromatic heterocycles. The number of aromatic nitrogens is 1.